The molecule has 1 saturated heterocycles. The predicted octanol–water partition coefficient (Wildman–Crippen LogP) is 1.69. The number of aromatic nitrogens is 3. The van der Waals surface area contributed by atoms with Crippen molar-refractivity contribution in [3.8, 4) is 0 Å². The molecule has 1 aromatic carbocycles. The topological polar surface area (TPSA) is 54.2 Å². The monoisotopic (exact) mass is 300 g/mol. The Morgan fingerprint density at radius 1 is 1.23 bits per heavy atom. The fourth-order valence-electron chi connectivity index (χ4n) is 3.41. The Morgan fingerprint density at radius 2 is 2.00 bits per heavy atom. The highest BCUT2D eigenvalue weighted by atomic mass is 16.3. The molecule has 118 valence electrons. The Bertz CT molecular complexity index is 625. The van der Waals surface area contributed by atoms with Crippen LogP contribution in [0.4, 0.5) is 0 Å². The van der Waals surface area contributed by atoms with Gasteiger partial charge in [-0.05, 0) is 38.3 Å². The van der Waals surface area contributed by atoms with E-state index in [1.807, 2.05) is 24.6 Å². The van der Waals surface area contributed by atoms with Crippen molar-refractivity contribution in [2.24, 2.45) is 7.05 Å². The number of hydrogen-bond acceptors (Lipinski definition) is 4. The van der Waals surface area contributed by atoms with Crippen LogP contribution >= 0.6 is 0 Å². The van der Waals surface area contributed by atoms with Crippen LogP contribution in [0.3, 0.4) is 0 Å². The van der Waals surface area contributed by atoms with Gasteiger partial charge in [0, 0.05) is 12.6 Å². The molecule has 22 heavy (non-hydrogen) atoms. The molecule has 2 heterocycles. The minimum Gasteiger partial charge on any atom is -0.394 e. The van der Waals surface area contributed by atoms with Gasteiger partial charge < -0.3 is 9.67 Å². The summed E-state index contributed by atoms with van der Waals surface area (Å²) in [7, 11) is 2.00. The maximum Gasteiger partial charge on any atom is 0.146 e. The zero-order chi connectivity index (χ0) is 15.6. The summed E-state index contributed by atoms with van der Waals surface area (Å²) in [5, 5.41) is 18.5. The molecule has 5 heteroatoms. The lowest BCUT2D eigenvalue weighted by Gasteiger charge is -2.37. The largest absolute Gasteiger partial charge is 0.394 e. The van der Waals surface area contributed by atoms with E-state index in [1.54, 1.807) is 0 Å². The lowest BCUT2D eigenvalue weighted by atomic mass is 9.89. The van der Waals surface area contributed by atoms with Crippen molar-refractivity contribution in [3.63, 3.8) is 0 Å². The molecule has 0 spiro atoms. The average molecular weight is 300 g/mol. The number of likely N-dealkylation sites (tertiary alicyclic amines) is 1. The van der Waals surface area contributed by atoms with Crippen molar-refractivity contribution in [1.82, 2.24) is 19.7 Å². The van der Waals surface area contributed by atoms with Gasteiger partial charge in [0.25, 0.3) is 0 Å². The summed E-state index contributed by atoms with van der Waals surface area (Å²) in [6.45, 7) is 3.88. The smallest absolute Gasteiger partial charge is 0.146 e. The summed E-state index contributed by atoms with van der Waals surface area (Å²) in [5.74, 6) is 1.89. The van der Waals surface area contributed by atoms with E-state index in [9.17, 15) is 5.11 Å². The van der Waals surface area contributed by atoms with Crippen LogP contribution in [0.1, 0.15) is 30.1 Å². The number of aryl methyl sites for hydroxylation is 1. The SMILES string of the molecule is Cc1nnc(CN2CCC[C@]2(CO)Cc2ccccc2)n1C. The maximum absolute atomic E-state index is 10.1. The molecule has 0 aliphatic carbocycles. The molecule has 1 aliphatic rings. The van der Waals surface area contributed by atoms with Gasteiger partial charge >= 0.3 is 0 Å². The number of aliphatic hydroxyl groups is 1. The Kier molecular flexibility index (Phi) is 4.27. The van der Waals surface area contributed by atoms with Gasteiger partial charge in [0.1, 0.15) is 11.6 Å². The first-order valence-corrected chi connectivity index (χ1v) is 7.89. The second-order valence-corrected chi connectivity index (χ2v) is 6.29. The molecule has 1 aliphatic heterocycles. The molecule has 2 aromatic rings. The van der Waals surface area contributed by atoms with E-state index in [-0.39, 0.29) is 12.1 Å². The Morgan fingerprint density at radius 3 is 2.64 bits per heavy atom. The molecule has 3 rings (SSSR count). The summed E-state index contributed by atoms with van der Waals surface area (Å²) in [6.07, 6.45) is 3.01. The Labute approximate surface area is 131 Å². The quantitative estimate of drug-likeness (QED) is 0.913. The van der Waals surface area contributed by atoms with Crippen LogP contribution in [0.5, 0.6) is 0 Å². The van der Waals surface area contributed by atoms with E-state index in [1.165, 1.54) is 5.56 Å². The summed E-state index contributed by atoms with van der Waals surface area (Å²) >= 11 is 0. The van der Waals surface area contributed by atoms with E-state index in [0.29, 0.717) is 0 Å². The van der Waals surface area contributed by atoms with Crippen molar-refractivity contribution in [3.05, 3.63) is 47.5 Å². The minimum absolute atomic E-state index is 0.179. The fourth-order valence-corrected chi connectivity index (χ4v) is 3.41. The molecule has 0 saturated carbocycles. The van der Waals surface area contributed by atoms with E-state index >= 15 is 0 Å². The van der Waals surface area contributed by atoms with Crippen molar-refractivity contribution >= 4 is 0 Å². The van der Waals surface area contributed by atoms with Crippen molar-refractivity contribution in [2.75, 3.05) is 13.2 Å². The Hall–Kier alpha value is -1.72. The van der Waals surface area contributed by atoms with Crippen LogP contribution in [-0.2, 0) is 20.0 Å². The summed E-state index contributed by atoms with van der Waals surface area (Å²) < 4.78 is 2.03. The highest BCUT2D eigenvalue weighted by Gasteiger charge is 2.40. The number of aliphatic hydroxyl groups excluding tert-OH is 1. The van der Waals surface area contributed by atoms with Crippen molar-refractivity contribution in [1.29, 1.82) is 0 Å². The number of rotatable bonds is 5. The molecule has 0 unspecified atom stereocenters. The number of hydrogen-bond donors (Lipinski definition) is 1. The molecule has 0 radical (unpaired) electrons. The minimum atomic E-state index is -0.179. The average Bonchev–Trinajstić information content (AvgIpc) is 3.07. The molecule has 1 N–H and O–H groups in total. The van der Waals surface area contributed by atoms with Crippen molar-refractivity contribution in [2.45, 2.75) is 38.3 Å². The van der Waals surface area contributed by atoms with Gasteiger partial charge in [-0.25, -0.2) is 0 Å². The lowest BCUT2D eigenvalue weighted by molar-refractivity contribution is 0.0556. The molecular weight excluding hydrogens is 276 g/mol. The fraction of sp³-hybridized carbons (Fsp3) is 0.529. The molecule has 5 nitrogen and oxygen atoms in total. The van der Waals surface area contributed by atoms with Crippen LogP contribution in [0, 0.1) is 6.92 Å². The second kappa shape index (κ2) is 6.18. The highest BCUT2D eigenvalue weighted by molar-refractivity contribution is 5.19. The zero-order valence-corrected chi connectivity index (χ0v) is 13.4. The molecule has 1 aromatic heterocycles. The first-order valence-electron chi connectivity index (χ1n) is 7.89. The van der Waals surface area contributed by atoms with Crippen LogP contribution < -0.4 is 0 Å². The number of nitrogens with zero attached hydrogens (tertiary/aromatic N) is 4. The van der Waals surface area contributed by atoms with Crippen LogP contribution in [0.25, 0.3) is 0 Å². The van der Waals surface area contributed by atoms with E-state index in [2.05, 4.69) is 39.4 Å². The van der Waals surface area contributed by atoms with Gasteiger partial charge in [-0.15, -0.1) is 10.2 Å². The molecule has 1 atom stereocenters. The van der Waals surface area contributed by atoms with Gasteiger partial charge in [-0.2, -0.15) is 0 Å². The zero-order valence-electron chi connectivity index (χ0n) is 13.4. The van der Waals surface area contributed by atoms with Gasteiger partial charge in [-0.1, -0.05) is 30.3 Å². The third kappa shape index (κ3) is 2.78. The standard InChI is InChI=1S/C17H24N4O/c1-14-18-19-16(20(14)2)12-21-10-6-9-17(21,13-22)11-15-7-4-3-5-8-15/h3-5,7-8,22H,6,9-13H2,1-2H3/t17-/m1/s1. The van der Waals surface area contributed by atoms with E-state index in [4.69, 9.17) is 0 Å². The second-order valence-electron chi connectivity index (χ2n) is 6.29. The summed E-state index contributed by atoms with van der Waals surface area (Å²) in [5.41, 5.74) is 1.10. The van der Waals surface area contributed by atoms with Gasteiger partial charge in [0.15, 0.2) is 0 Å². The molecule has 0 amide bonds. The number of benzene rings is 1. The maximum atomic E-state index is 10.1. The van der Waals surface area contributed by atoms with Crippen LogP contribution in [-0.4, -0.2) is 43.5 Å². The molecule has 1 fully saturated rings. The lowest BCUT2D eigenvalue weighted by Crippen LogP contribution is -2.48. The normalized spacial score (nSPS) is 22.3. The predicted molar refractivity (Wildman–Crippen MR) is 85.3 cm³/mol. The highest BCUT2D eigenvalue weighted by Crippen LogP contribution is 2.33. The third-order valence-corrected chi connectivity index (χ3v) is 4.93. The van der Waals surface area contributed by atoms with Crippen LogP contribution in [0.2, 0.25) is 0 Å². The van der Waals surface area contributed by atoms with Crippen molar-refractivity contribution < 1.29 is 5.11 Å². The summed E-state index contributed by atoms with van der Waals surface area (Å²) in [6, 6.07) is 10.4. The first-order chi connectivity index (χ1) is 10.6. The molecular formula is C17H24N4O. The van der Waals surface area contributed by atoms with Gasteiger partial charge in [0.2, 0.25) is 0 Å². The van der Waals surface area contributed by atoms with E-state index < -0.39 is 0 Å². The Balaban J connectivity index is 1.81. The van der Waals surface area contributed by atoms with Gasteiger partial charge in [0.05, 0.1) is 13.2 Å². The molecule has 0 bridgehead atoms. The van der Waals surface area contributed by atoms with Crippen LogP contribution in [0.15, 0.2) is 30.3 Å². The van der Waals surface area contributed by atoms with Gasteiger partial charge in [-0.3, -0.25) is 4.90 Å². The van der Waals surface area contributed by atoms with E-state index in [0.717, 1.165) is 44.0 Å². The summed E-state index contributed by atoms with van der Waals surface area (Å²) in [4.78, 5) is 2.38. The third-order valence-electron chi connectivity index (χ3n) is 4.93. The first kappa shape index (κ1) is 15.2.